The van der Waals surface area contributed by atoms with Crippen LogP contribution in [0, 0.1) is 11.8 Å². The van der Waals surface area contributed by atoms with Gasteiger partial charge in [0.25, 0.3) is 0 Å². The highest BCUT2D eigenvalue weighted by Gasteiger charge is 2.62. The lowest BCUT2D eigenvalue weighted by molar-refractivity contribution is -0.122. The largest absolute Gasteiger partial charge is 0.274 e. The van der Waals surface area contributed by atoms with Crippen molar-refractivity contribution in [1.29, 1.82) is 0 Å². The van der Waals surface area contributed by atoms with Crippen molar-refractivity contribution >= 4 is 28.3 Å². The van der Waals surface area contributed by atoms with E-state index in [4.69, 9.17) is 0 Å². The van der Waals surface area contributed by atoms with E-state index in [0.29, 0.717) is 5.13 Å². The molecule has 0 unspecified atom stereocenters. The first-order valence-corrected chi connectivity index (χ1v) is 9.60. The molecule has 3 aromatic rings. The van der Waals surface area contributed by atoms with Gasteiger partial charge in [-0.05, 0) is 22.3 Å². The van der Waals surface area contributed by atoms with Crippen LogP contribution in [0.25, 0.3) is 0 Å². The predicted molar refractivity (Wildman–Crippen MR) is 98.2 cm³/mol. The van der Waals surface area contributed by atoms with Crippen molar-refractivity contribution < 1.29 is 9.59 Å². The molecule has 2 atom stereocenters. The molecule has 0 N–H and O–H groups in total. The van der Waals surface area contributed by atoms with E-state index in [9.17, 15) is 9.59 Å². The Balaban J connectivity index is 1.62. The summed E-state index contributed by atoms with van der Waals surface area (Å²) in [6, 6.07) is 16.6. The lowest BCUT2D eigenvalue weighted by Gasteiger charge is -2.45. The minimum atomic E-state index is -0.332. The second-order valence-electron chi connectivity index (χ2n) is 7.09. The monoisotopic (exact) mass is 358 g/mol. The van der Waals surface area contributed by atoms with E-state index in [1.807, 2.05) is 24.3 Å². The Labute approximate surface area is 154 Å². The van der Waals surface area contributed by atoms with Gasteiger partial charge in [0.2, 0.25) is 11.8 Å². The van der Waals surface area contributed by atoms with Gasteiger partial charge >= 0.3 is 0 Å². The molecule has 2 heterocycles. The molecule has 2 aromatic carbocycles. The van der Waals surface area contributed by atoms with Crippen LogP contribution >= 0.6 is 11.3 Å². The van der Waals surface area contributed by atoms with E-state index >= 15 is 0 Å². The molecule has 0 spiro atoms. The molecule has 126 valence electrons. The fourth-order valence-corrected chi connectivity index (χ4v) is 5.84. The first kappa shape index (κ1) is 14.4. The van der Waals surface area contributed by atoms with Crippen LogP contribution in [0.2, 0.25) is 0 Å². The number of rotatable bonds is 1. The zero-order valence-electron chi connectivity index (χ0n) is 13.7. The fourth-order valence-electron chi connectivity index (χ4n) is 5.19. The molecule has 26 heavy (non-hydrogen) atoms. The topological polar surface area (TPSA) is 50.3 Å². The molecule has 1 fully saturated rings. The van der Waals surface area contributed by atoms with E-state index in [1.165, 1.54) is 38.5 Å². The van der Waals surface area contributed by atoms with Crippen molar-refractivity contribution in [2.75, 3.05) is 4.90 Å². The average molecular weight is 358 g/mol. The Morgan fingerprint density at radius 1 is 0.769 bits per heavy atom. The number of amides is 2. The predicted octanol–water partition coefficient (Wildman–Crippen LogP) is 3.54. The highest BCUT2D eigenvalue weighted by molar-refractivity contribution is 7.14. The third-order valence-corrected chi connectivity index (χ3v) is 6.82. The van der Waals surface area contributed by atoms with Gasteiger partial charge in [0.15, 0.2) is 5.13 Å². The Kier molecular flexibility index (Phi) is 2.70. The summed E-state index contributed by atoms with van der Waals surface area (Å²) in [5.74, 6) is -0.983. The second kappa shape index (κ2) is 4.89. The van der Waals surface area contributed by atoms with Gasteiger partial charge in [-0.15, -0.1) is 11.3 Å². The first-order valence-electron chi connectivity index (χ1n) is 8.72. The zero-order valence-corrected chi connectivity index (χ0v) is 14.5. The summed E-state index contributed by atoms with van der Waals surface area (Å²) in [5.41, 5.74) is 4.78. The maximum absolute atomic E-state index is 13.3. The summed E-state index contributed by atoms with van der Waals surface area (Å²) in [4.78, 5) is 32.2. The summed E-state index contributed by atoms with van der Waals surface area (Å²) in [5, 5.41) is 2.29. The number of imide groups is 1. The van der Waals surface area contributed by atoms with E-state index in [-0.39, 0.29) is 35.5 Å². The summed E-state index contributed by atoms with van der Waals surface area (Å²) >= 11 is 1.34. The van der Waals surface area contributed by atoms with Crippen LogP contribution in [0.4, 0.5) is 5.13 Å². The Morgan fingerprint density at radius 3 is 1.62 bits per heavy atom. The van der Waals surface area contributed by atoms with Crippen molar-refractivity contribution in [1.82, 2.24) is 4.98 Å². The minimum Gasteiger partial charge on any atom is -0.274 e. The molecule has 1 aliphatic heterocycles. The number of hydrogen-bond donors (Lipinski definition) is 0. The molecule has 0 saturated carbocycles. The number of anilines is 1. The normalized spacial score (nSPS) is 28.1. The molecule has 2 amide bonds. The van der Waals surface area contributed by atoms with Crippen LogP contribution in [0.5, 0.6) is 0 Å². The lowest BCUT2D eigenvalue weighted by atomic mass is 9.55. The van der Waals surface area contributed by atoms with E-state index in [2.05, 4.69) is 29.2 Å². The smallest absolute Gasteiger partial charge is 0.240 e. The Bertz CT molecular complexity index is 960. The summed E-state index contributed by atoms with van der Waals surface area (Å²) in [6.07, 6.45) is 1.64. The molecule has 3 aliphatic carbocycles. The van der Waals surface area contributed by atoms with Gasteiger partial charge in [-0.2, -0.15) is 0 Å². The van der Waals surface area contributed by atoms with Crippen LogP contribution in [0.1, 0.15) is 34.1 Å². The van der Waals surface area contributed by atoms with E-state index < -0.39 is 0 Å². The second-order valence-corrected chi connectivity index (χ2v) is 7.96. The zero-order chi connectivity index (χ0) is 17.4. The standard InChI is InChI=1S/C21H14N2O2S/c24-19-17-15-11-5-1-2-6-12(11)16(14-8-4-3-7-13(14)15)18(17)20(25)23(19)21-22-9-10-26-21/h1-10,15-18H/t15?,16?,17-,18+. The van der Waals surface area contributed by atoms with Gasteiger partial charge in [-0.25, -0.2) is 9.88 Å². The number of carbonyl (C=O) groups excluding carboxylic acids is 2. The maximum Gasteiger partial charge on any atom is 0.240 e. The number of aromatic nitrogens is 1. The molecular formula is C21H14N2O2S. The van der Waals surface area contributed by atoms with Crippen LogP contribution in [0.15, 0.2) is 60.1 Å². The quantitative estimate of drug-likeness (QED) is 0.625. The van der Waals surface area contributed by atoms with Crippen LogP contribution < -0.4 is 4.90 Å². The number of carbonyl (C=O) groups is 2. The van der Waals surface area contributed by atoms with E-state index in [1.54, 1.807) is 11.6 Å². The van der Waals surface area contributed by atoms with Crippen LogP contribution in [-0.2, 0) is 9.59 Å². The number of thiazole rings is 1. The van der Waals surface area contributed by atoms with Gasteiger partial charge in [0.1, 0.15) is 0 Å². The molecular weight excluding hydrogens is 344 g/mol. The fraction of sp³-hybridized carbons (Fsp3) is 0.190. The number of nitrogens with zero attached hydrogens (tertiary/aromatic N) is 2. The van der Waals surface area contributed by atoms with Crippen LogP contribution in [-0.4, -0.2) is 16.8 Å². The first-order chi connectivity index (χ1) is 12.8. The van der Waals surface area contributed by atoms with Crippen molar-refractivity contribution in [3.05, 3.63) is 82.4 Å². The Hall–Kier alpha value is -2.79. The molecule has 1 saturated heterocycles. The van der Waals surface area contributed by atoms with Gasteiger partial charge < -0.3 is 0 Å². The SMILES string of the molecule is O=C1[C@@H]2C3c4ccccc4C(c4ccccc43)[C@@H]2C(=O)N1c1nccs1. The minimum absolute atomic E-state index is 0.0567. The molecule has 1 aromatic heterocycles. The highest BCUT2D eigenvalue weighted by Crippen LogP contribution is 2.61. The summed E-state index contributed by atoms with van der Waals surface area (Å²) in [6.45, 7) is 0. The molecule has 2 bridgehead atoms. The van der Waals surface area contributed by atoms with Crippen molar-refractivity contribution in [2.24, 2.45) is 11.8 Å². The number of benzene rings is 2. The average Bonchev–Trinajstić information content (AvgIpc) is 3.29. The summed E-state index contributed by atoms with van der Waals surface area (Å²) < 4.78 is 0. The number of hydrogen-bond acceptors (Lipinski definition) is 4. The molecule has 7 rings (SSSR count). The van der Waals surface area contributed by atoms with Gasteiger partial charge in [0.05, 0.1) is 11.8 Å². The van der Waals surface area contributed by atoms with Gasteiger partial charge in [-0.1, -0.05) is 48.5 Å². The van der Waals surface area contributed by atoms with Gasteiger partial charge in [-0.3, -0.25) is 9.59 Å². The van der Waals surface area contributed by atoms with Crippen molar-refractivity contribution in [3.8, 4) is 0 Å². The molecule has 4 aliphatic rings. The highest BCUT2D eigenvalue weighted by atomic mass is 32.1. The van der Waals surface area contributed by atoms with Crippen molar-refractivity contribution in [2.45, 2.75) is 11.8 Å². The molecule has 4 nitrogen and oxygen atoms in total. The van der Waals surface area contributed by atoms with Crippen molar-refractivity contribution in [3.63, 3.8) is 0 Å². The lowest BCUT2D eigenvalue weighted by Crippen LogP contribution is -2.41. The molecule has 5 heteroatoms. The Morgan fingerprint density at radius 2 is 1.23 bits per heavy atom. The maximum atomic E-state index is 13.3. The molecule has 0 radical (unpaired) electrons. The van der Waals surface area contributed by atoms with Gasteiger partial charge in [0, 0.05) is 23.4 Å². The summed E-state index contributed by atoms with van der Waals surface area (Å²) in [7, 11) is 0. The third-order valence-electron chi connectivity index (χ3n) is 6.06. The third kappa shape index (κ3) is 1.57. The van der Waals surface area contributed by atoms with Crippen LogP contribution in [0.3, 0.4) is 0 Å². The van der Waals surface area contributed by atoms with E-state index in [0.717, 1.165) is 0 Å².